The van der Waals surface area contributed by atoms with Crippen LogP contribution in [-0.2, 0) is 26.0 Å². The second kappa shape index (κ2) is 6.22. The molecule has 3 rings (SSSR count). The van der Waals surface area contributed by atoms with Crippen LogP contribution in [0.2, 0.25) is 0 Å². The van der Waals surface area contributed by atoms with Crippen molar-refractivity contribution < 1.29 is 18.3 Å². The molecule has 1 aliphatic rings. The van der Waals surface area contributed by atoms with Gasteiger partial charge in [0.05, 0.1) is 6.61 Å². The molecule has 0 saturated heterocycles. The molecule has 2 aromatic rings. The number of rotatable bonds is 4. The summed E-state index contributed by atoms with van der Waals surface area (Å²) in [6, 6.07) is 16.0. The van der Waals surface area contributed by atoms with E-state index in [1.807, 2.05) is 49.4 Å². The highest BCUT2D eigenvalue weighted by atomic mass is 28.3. The highest BCUT2D eigenvalue weighted by Crippen LogP contribution is 2.36. The third kappa shape index (κ3) is 2.80. The molecular weight excluding hydrogens is 296 g/mol. The van der Waals surface area contributed by atoms with Crippen molar-refractivity contribution in [1.29, 1.82) is 0 Å². The van der Waals surface area contributed by atoms with E-state index >= 15 is 0 Å². The lowest BCUT2D eigenvalue weighted by Gasteiger charge is -2.36. The number of benzene rings is 2. The van der Waals surface area contributed by atoms with E-state index in [0.29, 0.717) is 6.61 Å². The molecule has 0 amide bonds. The average Bonchev–Trinajstić information content (AvgIpc) is 2.57. The monoisotopic (exact) mass is 316 g/mol. The molecule has 1 heterocycles. The smallest absolute Gasteiger partial charge is 0.355 e. The van der Waals surface area contributed by atoms with Crippen LogP contribution in [-0.4, -0.2) is 23.5 Å². The predicted octanol–water partition coefficient (Wildman–Crippen LogP) is 2.19. The highest BCUT2D eigenvalue weighted by Gasteiger charge is 2.34. The Morgan fingerprint density at radius 1 is 1.05 bits per heavy atom. The second-order valence-corrected chi connectivity index (χ2v) is 7.65. The average molecular weight is 316 g/mol. The maximum absolute atomic E-state index is 6.12. The quantitative estimate of drug-likeness (QED) is 0.810. The summed E-state index contributed by atoms with van der Waals surface area (Å²) in [5, 5.41) is 1.08. The molecule has 4 nitrogen and oxygen atoms in total. The first kappa shape index (κ1) is 15.2. The first-order valence-electron chi connectivity index (χ1n) is 7.23. The van der Waals surface area contributed by atoms with E-state index in [1.54, 1.807) is 14.2 Å². The summed E-state index contributed by atoms with van der Waals surface area (Å²) in [5.41, 5.74) is 2.03. The Kier molecular flexibility index (Phi) is 4.31. The Hall–Kier alpha value is -1.66. The van der Waals surface area contributed by atoms with Gasteiger partial charge in [-0.25, -0.2) is 0 Å². The number of fused-ring (bicyclic) bond motifs is 1. The van der Waals surface area contributed by atoms with Gasteiger partial charge in [0.1, 0.15) is 5.75 Å². The molecule has 0 bridgehead atoms. The predicted molar refractivity (Wildman–Crippen MR) is 86.5 cm³/mol. The summed E-state index contributed by atoms with van der Waals surface area (Å²) in [7, 11) is 1.56. The molecule has 0 saturated carbocycles. The van der Waals surface area contributed by atoms with Gasteiger partial charge in [-0.1, -0.05) is 36.4 Å². The van der Waals surface area contributed by atoms with Crippen LogP contribution in [0, 0.1) is 0 Å². The third-order valence-electron chi connectivity index (χ3n) is 3.89. The van der Waals surface area contributed by atoms with E-state index in [1.165, 1.54) is 0 Å². The van der Waals surface area contributed by atoms with Crippen molar-refractivity contribution in [2.45, 2.75) is 19.3 Å². The van der Waals surface area contributed by atoms with Gasteiger partial charge < -0.3 is 18.3 Å². The SMILES string of the molecule is CO[SiH](OC)c1ccc2c(c1)COC(C)(c1ccccc1)O2. The molecule has 0 radical (unpaired) electrons. The van der Waals surface area contributed by atoms with Crippen molar-refractivity contribution in [3.05, 3.63) is 59.7 Å². The fourth-order valence-corrected chi connectivity index (χ4v) is 3.99. The Bertz CT molecular complexity index is 642. The van der Waals surface area contributed by atoms with E-state index in [9.17, 15) is 0 Å². The molecule has 116 valence electrons. The molecule has 0 aromatic heterocycles. The molecule has 0 fully saturated rings. The molecular formula is C17H20O4Si. The second-order valence-electron chi connectivity index (χ2n) is 5.37. The zero-order valence-electron chi connectivity index (χ0n) is 13.0. The van der Waals surface area contributed by atoms with Gasteiger partial charge in [-0.15, -0.1) is 0 Å². The molecule has 1 unspecified atom stereocenters. The summed E-state index contributed by atoms with van der Waals surface area (Å²) in [5.74, 6) is 0.0936. The fourth-order valence-electron chi connectivity index (χ4n) is 2.66. The summed E-state index contributed by atoms with van der Waals surface area (Å²) < 4.78 is 23.0. The molecule has 1 aliphatic heterocycles. The summed E-state index contributed by atoms with van der Waals surface area (Å²) in [4.78, 5) is 0. The standard InChI is InChI=1S/C17H20O4Si/c1-17(14-7-5-4-6-8-14)20-12-13-11-15(22(18-2)19-3)9-10-16(13)21-17/h4-11,22H,12H2,1-3H3. The van der Waals surface area contributed by atoms with E-state index in [2.05, 4.69) is 6.07 Å². The van der Waals surface area contributed by atoms with Crippen LogP contribution in [0.5, 0.6) is 5.75 Å². The molecule has 5 heteroatoms. The van der Waals surface area contributed by atoms with Gasteiger partial charge >= 0.3 is 9.28 Å². The van der Waals surface area contributed by atoms with Crippen LogP contribution in [0.25, 0.3) is 0 Å². The van der Waals surface area contributed by atoms with Crippen molar-refractivity contribution >= 4 is 14.5 Å². The van der Waals surface area contributed by atoms with Gasteiger partial charge in [-0.2, -0.15) is 0 Å². The topological polar surface area (TPSA) is 36.9 Å². The molecule has 22 heavy (non-hydrogen) atoms. The van der Waals surface area contributed by atoms with Crippen molar-refractivity contribution in [2.24, 2.45) is 0 Å². The maximum atomic E-state index is 6.12. The van der Waals surface area contributed by atoms with Crippen LogP contribution in [0.15, 0.2) is 48.5 Å². The summed E-state index contributed by atoms with van der Waals surface area (Å²) >= 11 is 0. The Labute approximate surface area is 132 Å². The number of hydrogen-bond acceptors (Lipinski definition) is 4. The summed E-state index contributed by atoms with van der Waals surface area (Å²) in [6.07, 6.45) is 0. The van der Waals surface area contributed by atoms with Gasteiger partial charge in [0.2, 0.25) is 5.79 Å². The van der Waals surface area contributed by atoms with Crippen LogP contribution in [0.3, 0.4) is 0 Å². The minimum atomic E-state index is -1.80. The van der Waals surface area contributed by atoms with Crippen LogP contribution >= 0.6 is 0 Å². The van der Waals surface area contributed by atoms with Gasteiger partial charge in [-0.3, -0.25) is 0 Å². The van der Waals surface area contributed by atoms with Gasteiger partial charge in [0.15, 0.2) is 0 Å². The largest absolute Gasteiger partial charge is 0.458 e. The Balaban J connectivity index is 1.88. The van der Waals surface area contributed by atoms with Crippen molar-refractivity contribution in [2.75, 3.05) is 14.2 Å². The maximum Gasteiger partial charge on any atom is 0.355 e. The minimum Gasteiger partial charge on any atom is -0.458 e. The lowest BCUT2D eigenvalue weighted by atomic mass is 10.1. The van der Waals surface area contributed by atoms with Crippen LogP contribution < -0.4 is 9.92 Å². The van der Waals surface area contributed by atoms with Gasteiger partial charge in [-0.05, 0) is 17.3 Å². The number of hydrogen-bond donors (Lipinski definition) is 0. The lowest BCUT2D eigenvalue weighted by molar-refractivity contribution is -0.201. The van der Waals surface area contributed by atoms with Gasteiger partial charge in [0, 0.05) is 32.3 Å². The molecule has 2 aromatic carbocycles. The van der Waals surface area contributed by atoms with Crippen LogP contribution in [0.1, 0.15) is 18.1 Å². The van der Waals surface area contributed by atoms with Crippen LogP contribution in [0.4, 0.5) is 0 Å². The first-order valence-corrected chi connectivity index (χ1v) is 8.75. The van der Waals surface area contributed by atoms with E-state index in [4.69, 9.17) is 18.3 Å². The van der Waals surface area contributed by atoms with Gasteiger partial charge in [0.25, 0.3) is 0 Å². The molecule has 0 aliphatic carbocycles. The Morgan fingerprint density at radius 3 is 2.45 bits per heavy atom. The lowest BCUT2D eigenvalue weighted by Crippen LogP contribution is -2.38. The normalized spacial score (nSPS) is 20.5. The minimum absolute atomic E-state index is 0.503. The summed E-state index contributed by atoms with van der Waals surface area (Å²) in [6.45, 7) is 2.45. The first-order chi connectivity index (χ1) is 10.7. The van der Waals surface area contributed by atoms with E-state index in [0.717, 1.165) is 22.1 Å². The molecule has 1 atom stereocenters. The molecule has 0 spiro atoms. The van der Waals surface area contributed by atoms with Crippen molar-refractivity contribution in [3.63, 3.8) is 0 Å². The zero-order chi connectivity index (χ0) is 15.6. The Morgan fingerprint density at radius 2 is 1.77 bits per heavy atom. The number of ether oxygens (including phenoxy) is 2. The zero-order valence-corrected chi connectivity index (χ0v) is 14.2. The van der Waals surface area contributed by atoms with E-state index < -0.39 is 15.1 Å². The van der Waals surface area contributed by atoms with Crippen molar-refractivity contribution in [3.8, 4) is 5.75 Å². The van der Waals surface area contributed by atoms with Crippen molar-refractivity contribution in [1.82, 2.24) is 0 Å². The fraction of sp³-hybridized carbons (Fsp3) is 0.294. The van der Waals surface area contributed by atoms with E-state index in [-0.39, 0.29) is 0 Å². The molecule has 0 N–H and O–H groups in total. The third-order valence-corrected chi connectivity index (χ3v) is 5.65. The highest BCUT2D eigenvalue weighted by molar-refractivity contribution is 6.61.